The van der Waals surface area contributed by atoms with Crippen molar-refractivity contribution in [2.75, 3.05) is 32.1 Å². The summed E-state index contributed by atoms with van der Waals surface area (Å²) in [6.07, 6.45) is 0. The Bertz CT molecular complexity index is 1230. The zero-order chi connectivity index (χ0) is 24.2. The first kappa shape index (κ1) is 23.9. The second-order valence-electron chi connectivity index (χ2n) is 7.14. The van der Waals surface area contributed by atoms with Crippen LogP contribution in [-0.2, 0) is 29.9 Å². The number of aliphatic hydroxyl groups is 1. The summed E-state index contributed by atoms with van der Waals surface area (Å²) in [7, 11) is -2.84. The lowest BCUT2D eigenvalue weighted by atomic mass is 10.2. The maximum absolute atomic E-state index is 12.9. The molecule has 0 unspecified atom stereocenters. The molecule has 2 N–H and O–H groups in total. The van der Waals surface area contributed by atoms with Gasteiger partial charge in [-0.2, -0.15) is 0 Å². The summed E-state index contributed by atoms with van der Waals surface area (Å²) in [6.45, 7) is -0.523. The molecule has 0 saturated carbocycles. The van der Waals surface area contributed by atoms with Crippen molar-refractivity contribution in [2.24, 2.45) is 0 Å². The molecule has 1 aliphatic rings. The Morgan fingerprint density at radius 3 is 2.55 bits per heavy atom. The minimum Gasteiger partial charge on any atom is -0.466 e. The molecule has 12 heteroatoms. The van der Waals surface area contributed by atoms with Gasteiger partial charge in [0.05, 0.1) is 41.4 Å². The topological polar surface area (TPSA) is 156 Å². The molecule has 33 heavy (non-hydrogen) atoms. The third-order valence-corrected chi connectivity index (χ3v) is 6.55. The number of rotatable bonds is 9. The van der Waals surface area contributed by atoms with Gasteiger partial charge in [-0.1, -0.05) is 30.3 Å². The highest BCUT2D eigenvalue weighted by atomic mass is 32.2. The van der Waals surface area contributed by atoms with Gasteiger partial charge in [0.25, 0.3) is 11.6 Å². The third kappa shape index (κ3) is 5.35. The van der Waals surface area contributed by atoms with E-state index in [-0.39, 0.29) is 47.3 Å². The predicted molar refractivity (Wildman–Crippen MR) is 117 cm³/mol. The van der Waals surface area contributed by atoms with Crippen molar-refractivity contribution < 1.29 is 32.8 Å². The third-order valence-electron chi connectivity index (χ3n) is 4.88. The maximum atomic E-state index is 12.9. The van der Waals surface area contributed by atoms with E-state index < -0.39 is 32.3 Å². The molecule has 2 aromatic carbocycles. The molecule has 0 bridgehead atoms. The van der Waals surface area contributed by atoms with E-state index >= 15 is 0 Å². The van der Waals surface area contributed by atoms with E-state index in [1.54, 1.807) is 30.3 Å². The van der Waals surface area contributed by atoms with Gasteiger partial charge in [0, 0.05) is 24.4 Å². The number of sulfone groups is 1. The van der Waals surface area contributed by atoms with Gasteiger partial charge in [0.1, 0.15) is 5.70 Å². The Morgan fingerprint density at radius 1 is 1.24 bits per heavy atom. The van der Waals surface area contributed by atoms with Crippen molar-refractivity contribution >= 4 is 33.1 Å². The smallest absolute Gasteiger partial charge is 0.337 e. The van der Waals surface area contributed by atoms with Crippen LogP contribution in [0.25, 0.3) is 0 Å². The van der Waals surface area contributed by atoms with E-state index in [1.807, 2.05) is 0 Å². The molecule has 0 fully saturated rings. The summed E-state index contributed by atoms with van der Waals surface area (Å²) >= 11 is 0. The largest absolute Gasteiger partial charge is 0.466 e. The van der Waals surface area contributed by atoms with E-state index in [4.69, 9.17) is 9.84 Å². The van der Waals surface area contributed by atoms with Crippen LogP contribution in [0.1, 0.15) is 5.56 Å². The number of carbonyl (C=O) groups is 2. The molecule has 0 aromatic heterocycles. The molecule has 11 nitrogen and oxygen atoms in total. The fourth-order valence-corrected chi connectivity index (χ4v) is 4.72. The van der Waals surface area contributed by atoms with Gasteiger partial charge in [-0.15, -0.1) is 0 Å². The first-order valence-corrected chi connectivity index (χ1v) is 11.4. The zero-order valence-corrected chi connectivity index (χ0v) is 18.4. The number of hydrogen-bond acceptors (Lipinski definition) is 9. The molecule has 1 aliphatic heterocycles. The van der Waals surface area contributed by atoms with Crippen molar-refractivity contribution in [1.82, 2.24) is 4.90 Å². The monoisotopic (exact) mass is 475 g/mol. The number of benzene rings is 2. The van der Waals surface area contributed by atoms with Gasteiger partial charge < -0.3 is 20.1 Å². The Hall–Kier alpha value is -3.77. The summed E-state index contributed by atoms with van der Waals surface area (Å²) in [5.41, 5.74) is -0.325. The Labute approximate surface area is 189 Å². The summed E-state index contributed by atoms with van der Waals surface area (Å²) in [5.74, 6) is -1.81. The number of hydrogen-bond donors (Lipinski definition) is 2. The minimum atomic E-state index is -3.97. The molecule has 0 atom stereocenters. The molecule has 0 aliphatic carbocycles. The number of β-amino-alcohol motifs (C(OH)–C–C–N with tert-alkyl or cyclic N) is 1. The average Bonchev–Trinajstić information content (AvgIpc) is 3.09. The van der Waals surface area contributed by atoms with Gasteiger partial charge in [-0.25, -0.2) is 13.2 Å². The van der Waals surface area contributed by atoms with Crippen LogP contribution in [0.15, 0.2) is 64.7 Å². The van der Waals surface area contributed by atoms with Gasteiger partial charge in [0.2, 0.25) is 0 Å². The van der Waals surface area contributed by atoms with Crippen molar-refractivity contribution in [3.8, 4) is 0 Å². The van der Waals surface area contributed by atoms with Gasteiger partial charge in [-0.05, 0) is 11.6 Å². The van der Waals surface area contributed by atoms with Gasteiger partial charge in [0.15, 0.2) is 9.84 Å². The molecule has 3 rings (SSSR count). The number of nitro benzene ring substituents is 1. The van der Waals surface area contributed by atoms with Crippen LogP contribution in [0.3, 0.4) is 0 Å². The number of nitrogens with zero attached hydrogens (tertiary/aromatic N) is 2. The molecule has 0 spiro atoms. The van der Waals surface area contributed by atoms with Crippen LogP contribution in [0, 0.1) is 10.1 Å². The fraction of sp³-hybridized carbons (Fsp3) is 0.238. The normalized spacial score (nSPS) is 13.9. The molecular formula is C21H21N3O8S. The summed E-state index contributed by atoms with van der Waals surface area (Å²) in [6, 6.07) is 11.5. The van der Waals surface area contributed by atoms with E-state index in [0.29, 0.717) is 5.56 Å². The van der Waals surface area contributed by atoms with Crippen LogP contribution in [0.5, 0.6) is 0 Å². The van der Waals surface area contributed by atoms with Gasteiger partial charge >= 0.3 is 5.97 Å². The molecule has 174 valence electrons. The molecule has 2 aromatic rings. The van der Waals surface area contributed by atoms with E-state index in [2.05, 4.69) is 5.32 Å². The lowest BCUT2D eigenvalue weighted by Crippen LogP contribution is -2.31. The van der Waals surface area contributed by atoms with E-state index in [1.165, 1.54) is 4.90 Å². The van der Waals surface area contributed by atoms with Crippen LogP contribution >= 0.6 is 0 Å². The summed E-state index contributed by atoms with van der Waals surface area (Å²) < 4.78 is 30.6. The molecular weight excluding hydrogens is 454 g/mol. The molecule has 1 amide bonds. The number of methoxy groups -OCH3 is 1. The number of non-ortho nitro benzene ring substituents is 1. The number of anilines is 1. The zero-order valence-electron chi connectivity index (χ0n) is 17.6. The van der Waals surface area contributed by atoms with E-state index in [0.717, 1.165) is 25.3 Å². The Morgan fingerprint density at radius 2 is 1.94 bits per heavy atom. The number of nitro groups is 1. The highest BCUT2D eigenvalue weighted by Crippen LogP contribution is 2.29. The van der Waals surface area contributed by atoms with Crippen LogP contribution in [0.2, 0.25) is 0 Å². The number of esters is 1. The highest BCUT2D eigenvalue weighted by Gasteiger charge is 2.35. The second-order valence-corrected chi connectivity index (χ2v) is 9.13. The first-order valence-electron chi connectivity index (χ1n) is 9.71. The summed E-state index contributed by atoms with van der Waals surface area (Å²) in [5, 5.41) is 23.3. The Kier molecular flexibility index (Phi) is 7.09. The highest BCUT2D eigenvalue weighted by molar-refractivity contribution is 7.90. The SMILES string of the molecule is COC(=O)C1=C(Nc2cc([N+](=O)[O-])cc(S(=O)(=O)Cc3ccccc3)c2)C(=O)N(CCO)C1. The van der Waals surface area contributed by atoms with E-state index in [9.17, 15) is 28.1 Å². The number of aliphatic hydroxyl groups excluding tert-OH is 1. The first-order chi connectivity index (χ1) is 15.7. The Balaban J connectivity index is 2.02. The van der Waals surface area contributed by atoms with Crippen molar-refractivity contribution in [3.05, 3.63) is 75.5 Å². The van der Waals surface area contributed by atoms with Crippen LogP contribution in [0.4, 0.5) is 11.4 Å². The van der Waals surface area contributed by atoms with Crippen LogP contribution < -0.4 is 5.32 Å². The number of carbonyl (C=O) groups excluding carboxylic acids is 2. The minimum absolute atomic E-state index is 0.0452. The van der Waals surface area contributed by atoms with Crippen molar-refractivity contribution in [1.29, 1.82) is 0 Å². The quantitative estimate of drug-likeness (QED) is 0.309. The second kappa shape index (κ2) is 9.79. The maximum Gasteiger partial charge on any atom is 0.337 e. The number of ether oxygens (including phenoxy) is 1. The number of amides is 1. The van der Waals surface area contributed by atoms with Crippen molar-refractivity contribution in [3.63, 3.8) is 0 Å². The van der Waals surface area contributed by atoms with Gasteiger partial charge in [-0.3, -0.25) is 14.9 Å². The lowest BCUT2D eigenvalue weighted by Gasteiger charge is -2.15. The van der Waals surface area contributed by atoms with Crippen LogP contribution in [-0.4, -0.2) is 62.0 Å². The lowest BCUT2D eigenvalue weighted by molar-refractivity contribution is -0.385. The summed E-state index contributed by atoms with van der Waals surface area (Å²) in [4.78, 5) is 36.4. The fourth-order valence-electron chi connectivity index (χ4n) is 3.31. The average molecular weight is 475 g/mol. The van der Waals surface area contributed by atoms with Crippen molar-refractivity contribution in [2.45, 2.75) is 10.6 Å². The molecule has 0 radical (unpaired) electrons. The molecule has 0 saturated heterocycles. The molecule has 1 heterocycles. The number of nitrogens with one attached hydrogen (secondary N) is 1. The standard InChI is InChI=1S/C21H21N3O8S/c1-32-21(27)18-12-23(7-8-25)20(26)19(18)22-15-9-16(24(28)29)11-17(10-15)33(30,31)13-14-5-3-2-4-6-14/h2-6,9-11,22,25H,7-8,12-13H2,1H3. The predicted octanol–water partition coefficient (Wildman–Crippen LogP) is 1.24.